The highest BCUT2D eigenvalue weighted by Gasteiger charge is 2.04. The van der Waals surface area contributed by atoms with Gasteiger partial charge in [-0.15, -0.1) is 0 Å². The second-order valence-corrected chi connectivity index (χ2v) is 3.34. The Bertz CT molecular complexity index is 392. The first-order valence-corrected chi connectivity index (χ1v) is 4.15. The van der Waals surface area contributed by atoms with Crippen LogP contribution in [0.3, 0.4) is 0 Å². The Morgan fingerprint density at radius 1 is 1.42 bits per heavy atom. The lowest BCUT2D eigenvalue weighted by Crippen LogP contribution is -1.84. The maximum Gasteiger partial charge on any atom is 0.111 e. The lowest BCUT2D eigenvalue weighted by molar-refractivity contribution is 0.779. The van der Waals surface area contributed by atoms with Crippen LogP contribution < -0.4 is 0 Å². The topological polar surface area (TPSA) is 17.8 Å². The predicted octanol–water partition coefficient (Wildman–Crippen LogP) is 2.54. The smallest absolute Gasteiger partial charge is 0.111 e. The highest BCUT2D eigenvalue weighted by Crippen LogP contribution is 2.24. The minimum Gasteiger partial charge on any atom is -0.275 e. The molecule has 2 aromatic rings. The number of nitrogens with zero attached hydrogens (tertiary/aromatic N) is 2. The van der Waals surface area contributed by atoms with E-state index in [0.29, 0.717) is 0 Å². The lowest BCUT2D eigenvalue weighted by atomic mass is 10.1. The van der Waals surface area contributed by atoms with Gasteiger partial charge in [-0.2, -0.15) is 5.10 Å². The van der Waals surface area contributed by atoms with E-state index < -0.39 is 0 Å². The summed E-state index contributed by atoms with van der Waals surface area (Å²) in [6.07, 6.45) is 1.98. The third kappa shape index (κ3) is 0.994. The summed E-state index contributed by atoms with van der Waals surface area (Å²) in [4.78, 5) is 0. The van der Waals surface area contributed by atoms with Crippen molar-refractivity contribution in [2.75, 3.05) is 0 Å². The SMILES string of the molecule is Cc1ccc(Cl)c2nn(C)cc12. The second-order valence-electron chi connectivity index (χ2n) is 2.93. The summed E-state index contributed by atoms with van der Waals surface area (Å²) in [5.74, 6) is 0. The van der Waals surface area contributed by atoms with Gasteiger partial charge < -0.3 is 0 Å². The van der Waals surface area contributed by atoms with Crippen LogP contribution in [0.2, 0.25) is 5.02 Å². The Balaban J connectivity index is 2.93. The van der Waals surface area contributed by atoms with Crippen molar-refractivity contribution in [3.63, 3.8) is 0 Å². The van der Waals surface area contributed by atoms with Crippen LogP contribution in [-0.4, -0.2) is 9.78 Å². The number of hydrogen-bond acceptors (Lipinski definition) is 1. The van der Waals surface area contributed by atoms with Gasteiger partial charge in [0.2, 0.25) is 0 Å². The fourth-order valence-electron chi connectivity index (χ4n) is 1.32. The fourth-order valence-corrected chi connectivity index (χ4v) is 1.52. The molecule has 0 fully saturated rings. The zero-order chi connectivity index (χ0) is 8.72. The summed E-state index contributed by atoms with van der Waals surface area (Å²) in [6, 6.07) is 3.89. The normalized spacial score (nSPS) is 10.9. The molecular formula is C9H9ClN2. The molecule has 2 nitrogen and oxygen atoms in total. The van der Waals surface area contributed by atoms with Gasteiger partial charge in [-0.25, -0.2) is 0 Å². The van der Waals surface area contributed by atoms with E-state index in [1.54, 1.807) is 4.68 Å². The van der Waals surface area contributed by atoms with Crippen LogP contribution in [0.4, 0.5) is 0 Å². The number of benzene rings is 1. The molecular weight excluding hydrogens is 172 g/mol. The standard InChI is InChI=1S/C9H9ClN2/c1-6-3-4-8(10)9-7(6)5-12(2)11-9/h3-5H,1-2H3. The molecule has 0 radical (unpaired) electrons. The Labute approximate surface area is 75.8 Å². The van der Waals surface area contributed by atoms with E-state index in [4.69, 9.17) is 11.6 Å². The molecule has 2 rings (SSSR count). The average molecular weight is 181 g/mol. The van der Waals surface area contributed by atoms with Crippen LogP contribution in [0.5, 0.6) is 0 Å². The van der Waals surface area contributed by atoms with E-state index in [2.05, 4.69) is 12.0 Å². The van der Waals surface area contributed by atoms with E-state index in [-0.39, 0.29) is 0 Å². The first-order valence-electron chi connectivity index (χ1n) is 3.77. The third-order valence-corrected chi connectivity index (χ3v) is 2.26. The fraction of sp³-hybridized carbons (Fsp3) is 0.222. The highest BCUT2D eigenvalue weighted by molar-refractivity contribution is 6.35. The van der Waals surface area contributed by atoms with Crippen LogP contribution in [0, 0.1) is 6.92 Å². The minimum atomic E-state index is 0.719. The van der Waals surface area contributed by atoms with Gasteiger partial charge in [-0.3, -0.25) is 4.68 Å². The molecule has 0 aliphatic carbocycles. The molecule has 0 spiro atoms. The van der Waals surface area contributed by atoms with Crippen molar-refractivity contribution in [3.05, 3.63) is 28.9 Å². The molecule has 1 aromatic carbocycles. The summed E-state index contributed by atoms with van der Waals surface area (Å²) in [6.45, 7) is 2.06. The Morgan fingerprint density at radius 3 is 2.83 bits per heavy atom. The van der Waals surface area contributed by atoms with Crippen LogP contribution >= 0.6 is 11.6 Å². The second kappa shape index (κ2) is 2.49. The largest absolute Gasteiger partial charge is 0.275 e. The van der Waals surface area contributed by atoms with Gasteiger partial charge in [0.05, 0.1) is 5.02 Å². The van der Waals surface area contributed by atoms with Crippen molar-refractivity contribution in [2.24, 2.45) is 7.05 Å². The van der Waals surface area contributed by atoms with Crippen LogP contribution in [-0.2, 0) is 7.05 Å². The summed E-state index contributed by atoms with van der Waals surface area (Å²) in [5, 5.41) is 6.11. The number of hydrogen-bond donors (Lipinski definition) is 0. The zero-order valence-corrected chi connectivity index (χ0v) is 7.76. The Morgan fingerprint density at radius 2 is 2.17 bits per heavy atom. The number of aryl methyl sites for hydroxylation is 2. The van der Waals surface area contributed by atoms with Gasteiger partial charge >= 0.3 is 0 Å². The molecule has 12 heavy (non-hydrogen) atoms. The molecule has 0 aliphatic heterocycles. The molecule has 0 amide bonds. The molecule has 0 atom stereocenters. The summed E-state index contributed by atoms with van der Waals surface area (Å²) in [7, 11) is 1.90. The molecule has 62 valence electrons. The molecule has 0 bridgehead atoms. The van der Waals surface area contributed by atoms with Crippen molar-refractivity contribution in [2.45, 2.75) is 6.92 Å². The van der Waals surface area contributed by atoms with Gasteiger partial charge in [-0.1, -0.05) is 17.7 Å². The summed E-state index contributed by atoms with van der Waals surface area (Å²) in [5.41, 5.74) is 2.10. The van der Waals surface area contributed by atoms with Crippen molar-refractivity contribution < 1.29 is 0 Å². The van der Waals surface area contributed by atoms with Gasteiger partial charge in [0.15, 0.2) is 0 Å². The molecule has 0 saturated carbocycles. The van der Waals surface area contributed by atoms with Crippen molar-refractivity contribution in [3.8, 4) is 0 Å². The van der Waals surface area contributed by atoms with Gasteiger partial charge in [0.1, 0.15) is 5.52 Å². The number of aromatic nitrogens is 2. The Kier molecular flexibility index (Phi) is 1.58. The zero-order valence-electron chi connectivity index (χ0n) is 7.00. The van der Waals surface area contributed by atoms with E-state index in [1.165, 1.54) is 5.56 Å². The van der Waals surface area contributed by atoms with Crippen LogP contribution in [0.25, 0.3) is 10.9 Å². The summed E-state index contributed by atoms with van der Waals surface area (Å²) >= 11 is 5.97. The highest BCUT2D eigenvalue weighted by atomic mass is 35.5. The first-order chi connectivity index (χ1) is 5.68. The van der Waals surface area contributed by atoms with Gasteiger partial charge in [-0.05, 0) is 18.6 Å². The third-order valence-electron chi connectivity index (χ3n) is 1.96. The maximum absolute atomic E-state index is 5.97. The quantitative estimate of drug-likeness (QED) is 0.609. The monoisotopic (exact) mass is 180 g/mol. The van der Waals surface area contributed by atoms with Gasteiger partial charge in [0, 0.05) is 18.6 Å². The van der Waals surface area contributed by atoms with Crippen molar-refractivity contribution in [1.29, 1.82) is 0 Å². The molecule has 1 heterocycles. The van der Waals surface area contributed by atoms with E-state index in [9.17, 15) is 0 Å². The average Bonchev–Trinajstić information content (AvgIpc) is 2.41. The van der Waals surface area contributed by atoms with Crippen molar-refractivity contribution in [1.82, 2.24) is 9.78 Å². The van der Waals surface area contributed by atoms with E-state index in [1.807, 2.05) is 25.4 Å². The summed E-state index contributed by atoms with van der Waals surface area (Å²) < 4.78 is 1.78. The minimum absolute atomic E-state index is 0.719. The van der Waals surface area contributed by atoms with Crippen molar-refractivity contribution >= 4 is 22.5 Å². The Hall–Kier alpha value is -1.02. The molecule has 0 aliphatic rings. The van der Waals surface area contributed by atoms with E-state index >= 15 is 0 Å². The van der Waals surface area contributed by atoms with Crippen LogP contribution in [0.1, 0.15) is 5.56 Å². The number of halogens is 1. The number of rotatable bonds is 0. The molecule has 0 saturated heterocycles. The first kappa shape index (κ1) is 7.62. The molecule has 3 heteroatoms. The molecule has 0 N–H and O–H groups in total. The molecule has 0 unspecified atom stereocenters. The van der Waals surface area contributed by atoms with Crippen LogP contribution in [0.15, 0.2) is 18.3 Å². The lowest BCUT2D eigenvalue weighted by Gasteiger charge is -1.94. The maximum atomic E-state index is 5.97. The molecule has 1 aromatic heterocycles. The number of fused-ring (bicyclic) bond motifs is 1. The van der Waals surface area contributed by atoms with E-state index in [0.717, 1.165) is 15.9 Å². The predicted molar refractivity (Wildman–Crippen MR) is 50.5 cm³/mol. The van der Waals surface area contributed by atoms with Gasteiger partial charge in [0.25, 0.3) is 0 Å².